The molecule has 3 aliphatic rings. The molecule has 0 aromatic rings. The molecular weight excluding hydrogens is 212 g/mol. The Bertz CT molecular complexity index is 338. The fourth-order valence-corrected chi connectivity index (χ4v) is 5.29. The molecule has 0 aromatic carbocycles. The maximum Gasteiger partial charge on any atom is 0.0975 e. The van der Waals surface area contributed by atoms with E-state index in [4.69, 9.17) is 4.74 Å². The number of aliphatic hydroxyl groups excluding tert-OH is 1. The van der Waals surface area contributed by atoms with Crippen LogP contribution in [0.2, 0.25) is 0 Å². The van der Waals surface area contributed by atoms with Gasteiger partial charge in [0.2, 0.25) is 0 Å². The average molecular weight is 238 g/mol. The van der Waals surface area contributed by atoms with Gasteiger partial charge >= 0.3 is 0 Å². The van der Waals surface area contributed by atoms with Gasteiger partial charge in [-0.3, -0.25) is 0 Å². The zero-order valence-corrected chi connectivity index (χ0v) is 11.6. The van der Waals surface area contributed by atoms with Gasteiger partial charge in [-0.05, 0) is 42.9 Å². The summed E-state index contributed by atoms with van der Waals surface area (Å²) < 4.78 is 5.96. The van der Waals surface area contributed by atoms with E-state index in [1.807, 2.05) is 0 Å². The third-order valence-corrected chi connectivity index (χ3v) is 6.37. The summed E-state index contributed by atoms with van der Waals surface area (Å²) >= 11 is 0. The highest BCUT2D eigenvalue weighted by Crippen LogP contribution is 2.67. The smallest absolute Gasteiger partial charge is 0.0975 e. The molecule has 0 bridgehead atoms. The number of rotatable bonds is 1. The molecule has 98 valence electrons. The summed E-state index contributed by atoms with van der Waals surface area (Å²) in [6, 6.07) is 0. The summed E-state index contributed by atoms with van der Waals surface area (Å²) in [6.07, 6.45) is 5.51. The molecule has 5 unspecified atom stereocenters. The Morgan fingerprint density at radius 1 is 1.18 bits per heavy atom. The van der Waals surface area contributed by atoms with Crippen LogP contribution < -0.4 is 0 Å². The third kappa shape index (κ3) is 1.40. The highest BCUT2D eigenvalue weighted by molar-refractivity contribution is 5.17. The highest BCUT2D eigenvalue weighted by Gasteiger charge is 2.69. The van der Waals surface area contributed by atoms with Gasteiger partial charge in [0.05, 0.1) is 11.7 Å². The van der Waals surface area contributed by atoms with Crippen LogP contribution in [-0.2, 0) is 4.74 Å². The fourth-order valence-electron chi connectivity index (χ4n) is 5.29. The Morgan fingerprint density at radius 3 is 2.53 bits per heavy atom. The molecule has 1 saturated heterocycles. The minimum atomic E-state index is -0.0204. The van der Waals surface area contributed by atoms with Gasteiger partial charge in [0.1, 0.15) is 0 Å². The van der Waals surface area contributed by atoms with E-state index in [2.05, 4.69) is 27.7 Å². The van der Waals surface area contributed by atoms with Crippen molar-refractivity contribution in [1.82, 2.24) is 0 Å². The van der Waals surface area contributed by atoms with Gasteiger partial charge in [-0.1, -0.05) is 27.2 Å². The third-order valence-electron chi connectivity index (χ3n) is 6.37. The Morgan fingerprint density at radius 2 is 1.88 bits per heavy atom. The zero-order valence-electron chi connectivity index (χ0n) is 11.6. The van der Waals surface area contributed by atoms with Gasteiger partial charge in [-0.25, -0.2) is 0 Å². The quantitative estimate of drug-likeness (QED) is 0.712. The highest BCUT2D eigenvalue weighted by atomic mass is 16.6. The van der Waals surface area contributed by atoms with Crippen LogP contribution in [-0.4, -0.2) is 23.4 Å². The monoisotopic (exact) mass is 238 g/mol. The van der Waals surface area contributed by atoms with Crippen molar-refractivity contribution in [2.45, 2.75) is 65.1 Å². The lowest BCUT2D eigenvalue weighted by molar-refractivity contribution is -0.0926. The summed E-state index contributed by atoms with van der Waals surface area (Å²) in [5.74, 6) is 1.04. The number of ether oxygens (including phenoxy) is 1. The maximum atomic E-state index is 9.85. The lowest BCUT2D eigenvalue weighted by atomic mass is 9.47. The number of epoxide rings is 1. The predicted octanol–water partition coefficient (Wildman–Crippen LogP) is 2.99. The lowest BCUT2D eigenvalue weighted by Gasteiger charge is -2.57. The molecule has 1 heterocycles. The van der Waals surface area contributed by atoms with Crippen molar-refractivity contribution in [2.24, 2.45) is 22.7 Å². The Labute approximate surface area is 105 Å². The summed E-state index contributed by atoms with van der Waals surface area (Å²) in [5, 5.41) is 9.85. The van der Waals surface area contributed by atoms with Crippen molar-refractivity contribution < 1.29 is 9.84 Å². The van der Waals surface area contributed by atoms with Gasteiger partial charge < -0.3 is 9.84 Å². The second-order valence-corrected chi connectivity index (χ2v) is 7.66. The number of fused-ring (bicyclic) bond motifs is 2. The maximum absolute atomic E-state index is 9.85. The van der Waals surface area contributed by atoms with Crippen molar-refractivity contribution in [3.05, 3.63) is 0 Å². The van der Waals surface area contributed by atoms with Gasteiger partial charge in [0.25, 0.3) is 0 Å². The first-order valence-electron chi connectivity index (χ1n) is 7.13. The van der Waals surface area contributed by atoms with E-state index in [1.54, 1.807) is 0 Å². The second-order valence-electron chi connectivity index (χ2n) is 7.66. The molecule has 5 atom stereocenters. The van der Waals surface area contributed by atoms with Crippen LogP contribution in [0, 0.1) is 22.7 Å². The molecular formula is C15H26O2. The minimum Gasteiger partial charge on any atom is -0.396 e. The number of aliphatic hydroxyl groups is 1. The average Bonchev–Trinajstić information content (AvgIpc) is 2.86. The molecule has 0 spiro atoms. The van der Waals surface area contributed by atoms with E-state index in [0.717, 1.165) is 0 Å². The van der Waals surface area contributed by atoms with Crippen LogP contribution in [0.5, 0.6) is 0 Å². The first-order chi connectivity index (χ1) is 7.84. The van der Waals surface area contributed by atoms with Crippen molar-refractivity contribution in [3.8, 4) is 0 Å². The standard InChI is InChI=1S/C15H26O2/c1-13(2)6-5-7-14(3)10(13)8-12-15(4,17-12)11(14)9-16/h10-12,16H,5-9H2,1-4H3. The second kappa shape index (κ2) is 3.27. The predicted molar refractivity (Wildman–Crippen MR) is 67.7 cm³/mol. The molecule has 0 radical (unpaired) electrons. The van der Waals surface area contributed by atoms with Crippen LogP contribution in [0.3, 0.4) is 0 Å². The Balaban J connectivity index is 1.99. The summed E-state index contributed by atoms with van der Waals surface area (Å²) in [6.45, 7) is 9.73. The van der Waals surface area contributed by atoms with Crippen LogP contribution in [0.15, 0.2) is 0 Å². The topological polar surface area (TPSA) is 32.8 Å². The molecule has 3 rings (SSSR count). The molecule has 2 nitrogen and oxygen atoms in total. The zero-order chi connectivity index (χ0) is 12.5. The van der Waals surface area contributed by atoms with E-state index in [-0.39, 0.29) is 17.6 Å². The largest absolute Gasteiger partial charge is 0.396 e. The SMILES string of the molecule is CC1(C)CCCC2(C)C1CC1OC1(C)C2CO. The molecule has 0 amide bonds. The van der Waals surface area contributed by atoms with Gasteiger partial charge in [0.15, 0.2) is 0 Å². The first-order valence-corrected chi connectivity index (χ1v) is 7.13. The molecule has 2 saturated carbocycles. The summed E-state index contributed by atoms with van der Waals surface area (Å²) in [4.78, 5) is 0. The molecule has 0 aromatic heterocycles. The van der Waals surface area contributed by atoms with E-state index >= 15 is 0 Å². The van der Waals surface area contributed by atoms with E-state index in [0.29, 0.717) is 23.4 Å². The van der Waals surface area contributed by atoms with E-state index < -0.39 is 0 Å². The molecule has 17 heavy (non-hydrogen) atoms. The molecule has 3 fully saturated rings. The normalized spacial score (nSPS) is 55.9. The van der Waals surface area contributed by atoms with Crippen LogP contribution in [0.1, 0.15) is 53.4 Å². The fraction of sp³-hybridized carbons (Fsp3) is 1.00. The molecule has 1 N–H and O–H groups in total. The van der Waals surface area contributed by atoms with Crippen molar-refractivity contribution in [1.29, 1.82) is 0 Å². The van der Waals surface area contributed by atoms with Gasteiger partial charge in [0, 0.05) is 12.5 Å². The number of hydrogen-bond acceptors (Lipinski definition) is 2. The van der Waals surface area contributed by atoms with E-state index in [1.165, 1.54) is 25.7 Å². The summed E-state index contributed by atoms with van der Waals surface area (Å²) in [5.41, 5.74) is 0.666. The van der Waals surface area contributed by atoms with Crippen LogP contribution >= 0.6 is 0 Å². The molecule has 1 aliphatic heterocycles. The lowest BCUT2D eigenvalue weighted by Crippen LogP contribution is -2.55. The van der Waals surface area contributed by atoms with E-state index in [9.17, 15) is 5.11 Å². The van der Waals surface area contributed by atoms with Gasteiger partial charge in [-0.2, -0.15) is 0 Å². The van der Waals surface area contributed by atoms with Crippen molar-refractivity contribution in [2.75, 3.05) is 6.61 Å². The summed E-state index contributed by atoms with van der Waals surface area (Å²) in [7, 11) is 0. The Hall–Kier alpha value is -0.0800. The first kappa shape index (κ1) is 12.0. The van der Waals surface area contributed by atoms with Crippen LogP contribution in [0.4, 0.5) is 0 Å². The molecule has 2 aliphatic carbocycles. The van der Waals surface area contributed by atoms with Crippen molar-refractivity contribution in [3.63, 3.8) is 0 Å². The number of hydrogen-bond donors (Lipinski definition) is 1. The minimum absolute atomic E-state index is 0.0204. The van der Waals surface area contributed by atoms with Gasteiger partial charge in [-0.15, -0.1) is 0 Å². The Kier molecular flexibility index (Phi) is 2.30. The van der Waals surface area contributed by atoms with Crippen molar-refractivity contribution >= 4 is 0 Å². The molecule has 2 heteroatoms. The van der Waals surface area contributed by atoms with Crippen LogP contribution in [0.25, 0.3) is 0 Å².